The summed E-state index contributed by atoms with van der Waals surface area (Å²) < 4.78 is 15.9. The van der Waals surface area contributed by atoms with Crippen molar-refractivity contribution in [3.63, 3.8) is 0 Å². The molecule has 40 heavy (non-hydrogen) atoms. The van der Waals surface area contributed by atoms with Crippen LogP contribution in [0.3, 0.4) is 0 Å². The number of para-hydroxylation sites is 2. The maximum Gasteiger partial charge on any atom is 0.254 e. The Kier molecular flexibility index (Phi) is 8.15. The van der Waals surface area contributed by atoms with Gasteiger partial charge in [-0.2, -0.15) is 0 Å². The van der Waals surface area contributed by atoms with Gasteiger partial charge in [0.15, 0.2) is 0 Å². The van der Waals surface area contributed by atoms with E-state index in [-0.39, 0.29) is 30.2 Å². The molecule has 0 saturated carbocycles. The summed E-state index contributed by atoms with van der Waals surface area (Å²) in [5.74, 6) is -0.705. The molecule has 0 unspecified atom stereocenters. The number of fused-ring (bicyclic) bond motifs is 3. The minimum absolute atomic E-state index is 0.0819. The second kappa shape index (κ2) is 11.9. The first kappa shape index (κ1) is 27.4. The highest BCUT2D eigenvalue weighted by Crippen LogP contribution is 2.42. The Labute approximate surface area is 235 Å². The molecule has 1 atom stereocenters. The van der Waals surface area contributed by atoms with Gasteiger partial charge in [0.25, 0.3) is 5.91 Å². The van der Waals surface area contributed by atoms with Gasteiger partial charge >= 0.3 is 0 Å². The van der Waals surface area contributed by atoms with Gasteiger partial charge in [-0.3, -0.25) is 14.5 Å². The Bertz CT molecular complexity index is 1470. The lowest BCUT2D eigenvalue weighted by molar-refractivity contribution is -0.120. The third-order valence-electron chi connectivity index (χ3n) is 7.63. The van der Waals surface area contributed by atoms with Crippen molar-refractivity contribution < 1.29 is 14.0 Å². The van der Waals surface area contributed by atoms with Crippen LogP contribution in [0, 0.1) is 5.82 Å². The maximum absolute atomic E-state index is 14.2. The van der Waals surface area contributed by atoms with Crippen LogP contribution in [0.5, 0.6) is 0 Å². The number of carbonyl (C=O) groups excluding carboxylic acids is 2. The van der Waals surface area contributed by atoms with Crippen molar-refractivity contribution in [3.05, 3.63) is 119 Å². The van der Waals surface area contributed by atoms with Crippen molar-refractivity contribution in [2.24, 2.45) is 0 Å². The smallest absolute Gasteiger partial charge is 0.254 e. The first-order valence-electron chi connectivity index (χ1n) is 14.1. The van der Waals surface area contributed by atoms with E-state index in [9.17, 15) is 14.0 Å². The van der Waals surface area contributed by atoms with Crippen LogP contribution in [-0.2, 0) is 11.2 Å². The lowest BCUT2D eigenvalue weighted by atomic mass is 9.97. The number of rotatable bonds is 9. The second-order valence-electron chi connectivity index (χ2n) is 10.7. The van der Waals surface area contributed by atoms with Crippen molar-refractivity contribution >= 4 is 17.5 Å². The lowest BCUT2D eigenvalue weighted by Crippen LogP contribution is -2.48. The van der Waals surface area contributed by atoms with Gasteiger partial charge in [0.2, 0.25) is 5.91 Å². The molecule has 206 valence electrons. The fourth-order valence-corrected chi connectivity index (χ4v) is 5.49. The summed E-state index contributed by atoms with van der Waals surface area (Å²) >= 11 is 0. The molecule has 2 heterocycles. The average molecular weight is 538 g/mol. The van der Waals surface area contributed by atoms with E-state index in [1.807, 2.05) is 80.7 Å². The zero-order valence-electron chi connectivity index (χ0n) is 23.4. The van der Waals surface area contributed by atoms with Crippen molar-refractivity contribution in [1.82, 2.24) is 9.47 Å². The summed E-state index contributed by atoms with van der Waals surface area (Å²) in [6.45, 7) is 5.96. The van der Waals surface area contributed by atoms with E-state index in [1.54, 1.807) is 21.9 Å². The Balaban J connectivity index is 1.46. The molecule has 0 bridgehead atoms. The molecule has 5 nitrogen and oxygen atoms in total. The molecule has 1 aliphatic heterocycles. The molecule has 0 aliphatic carbocycles. The van der Waals surface area contributed by atoms with Crippen LogP contribution in [-0.4, -0.2) is 33.9 Å². The molecule has 1 aromatic heterocycles. The van der Waals surface area contributed by atoms with Crippen LogP contribution in [0.25, 0.3) is 5.69 Å². The monoisotopic (exact) mass is 537 g/mol. The number of benzene rings is 3. The van der Waals surface area contributed by atoms with Gasteiger partial charge in [-0.25, -0.2) is 4.39 Å². The molecule has 3 aromatic carbocycles. The number of halogens is 1. The number of nitrogens with zero attached hydrogens (tertiary/aromatic N) is 3. The SMILES string of the molecule is CCCCCc1ccc(C(=O)N(CC(=O)N2c3ccccc3-n3cccc3[C@@H]2c2ccc(F)cc2)C(C)C)cc1. The number of carbonyl (C=O) groups is 2. The van der Waals surface area contributed by atoms with Gasteiger partial charge in [-0.1, -0.05) is 56.2 Å². The van der Waals surface area contributed by atoms with Gasteiger partial charge in [-0.15, -0.1) is 0 Å². The molecule has 0 radical (unpaired) electrons. The molecule has 0 spiro atoms. The van der Waals surface area contributed by atoms with Crippen LogP contribution in [0.1, 0.15) is 73.3 Å². The number of aryl methyl sites for hydroxylation is 1. The summed E-state index contributed by atoms with van der Waals surface area (Å²) in [7, 11) is 0. The first-order valence-corrected chi connectivity index (χ1v) is 14.1. The quantitative estimate of drug-likeness (QED) is 0.210. The van der Waals surface area contributed by atoms with E-state index in [0.29, 0.717) is 5.56 Å². The topological polar surface area (TPSA) is 45.6 Å². The van der Waals surface area contributed by atoms with Gasteiger partial charge < -0.3 is 9.47 Å². The largest absolute Gasteiger partial charge is 0.327 e. The summed E-state index contributed by atoms with van der Waals surface area (Å²) in [6.07, 6.45) is 6.46. The van der Waals surface area contributed by atoms with Crippen molar-refractivity contribution in [1.29, 1.82) is 0 Å². The minimum Gasteiger partial charge on any atom is -0.327 e. The number of anilines is 1. The van der Waals surface area contributed by atoms with E-state index in [0.717, 1.165) is 35.5 Å². The molecule has 4 aromatic rings. The third kappa shape index (κ3) is 5.44. The summed E-state index contributed by atoms with van der Waals surface area (Å²) in [6, 6.07) is 25.1. The van der Waals surface area contributed by atoms with Crippen LogP contribution < -0.4 is 4.90 Å². The lowest BCUT2D eigenvalue weighted by Gasteiger charge is -2.40. The first-order chi connectivity index (χ1) is 19.4. The molecular formula is C34H36FN3O2. The van der Waals surface area contributed by atoms with E-state index in [4.69, 9.17) is 0 Å². The molecule has 6 heteroatoms. The molecule has 1 aliphatic rings. The van der Waals surface area contributed by atoms with Crippen molar-refractivity contribution in [3.8, 4) is 5.69 Å². The zero-order valence-corrected chi connectivity index (χ0v) is 23.4. The Morgan fingerprint density at radius 1 is 0.875 bits per heavy atom. The van der Waals surface area contributed by atoms with E-state index < -0.39 is 6.04 Å². The number of unbranched alkanes of at least 4 members (excludes halogenated alkanes) is 2. The Morgan fingerprint density at radius 3 is 2.25 bits per heavy atom. The third-order valence-corrected chi connectivity index (χ3v) is 7.63. The van der Waals surface area contributed by atoms with Crippen LogP contribution in [0.15, 0.2) is 91.1 Å². The van der Waals surface area contributed by atoms with Gasteiger partial charge in [-0.05, 0) is 86.3 Å². The highest BCUT2D eigenvalue weighted by Gasteiger charge is 2.37. The minimum atomic E-state index is -0.468. The maximum atomic E-state index is 14.2. The highest BCUT2D eigenvalue weighted by molar-refractivity contribution is 6.02. The van der Waals surface area contributed by atoms with E-state index in [2.05, 4.69) is 11.5 Å². The van der Waals surface area contributed by atoms with Crippen molar-refractivity contribution in [2.45, 2.75) is 58.5 Å². The summed E-state index contributed by atoms with van der Waals surface area (Å²) in [5.41, 5.74) is 5.12. The van der Waals surface area contributed by atoms with Gasteiger partial charge in [0, 0.05) is 17.8 Å². The number of hydrogen-bond acceptors (Lipinski definition) is 2. The fraction of sp³-hybridized carbons (Fsp3) is 0.294. The van der Waals surface area contributed by atoms with Crippen LogP contribution in [0.2, 0.25) is 0 Å². The van der Waals surface area contributed by atoms with Gasteiger partial charge in [0.05, 0.1) is 17.1 Å². The number of hydrogen-bond donors (Lipinski definition) is 0. The fourth-order valence-electron chi connectivity index (χ4n) is 5.49. The van der Waals surface area contributed by atoms with Crippen molar-refractivity contribution in [2.75, 3.05) is 11.4 Å². The molecule has 0 saturated heterocycles. The van der Waals surface area contributed by atoms with E-state index >= 15 is 0 Å². The number of amides is 2. The van der Waals surface area contributed by atoms with Crippen LogP contribution in [0.4, 0.5) is 10.1 Å². The molecule has 5 rings (SSSR count). The summed E-state index contributed by atoms with van der Waals surface area (Å²) in [5, 5.41) is 0. The Morgan fingerprint density at radius 2 is 1.57 bits per heavy atom. The molecule has 2 amide bonds. The average Bonchev–Trinajstić information content (AvgIpc) is 3.46. The second-order valence-corrected chi connectivity index (χ2v) is 10.7. The standard InChI is InChI=1S/C34H36FN3O2/c1-4-5-6-10-25-14-16-27(17-15-25)34(40)37(24(2)3)23-32(39)38-30-12-8-7-11-29(30)36-22-9-13-31(36)33(38)26-18-20-28(35)21-19-26/h7-9,11-22,24,33H,4-6,10,23H2,1-3H3/t33-/m0/s1. The number of aromatic nitrogens is 1. The van der Waals surface area contributed by atoms with Gasteiger partial charge in [0.1, 0.15) is 18.4 Å². The van der Waals surface area contributed by atoms with E-state index in [1.165, 1.54) is 30.5 Å². The molecule has 0 fully saturated rings. The van der Waals surface area contributed by atoms with Crippen LogP contribution >= 0.6 is 0 Å². The predicted molar refractivity (Wildman–Crippen MR) is 157 cm³/mol. The normalized spacial score (nSPS) is 14.1. The summed E-state index contributed by atoms with van der Waals surface area (Å²) in [4.78, 5) is 31.3. The molecule has 0 N–H and O–H groups in total. The molecular weight excluding hydrogens is 501 g/mol. The predicted octanol–water partition coefficient (Wildman–Crippen LogP) is 7.34. The zero-order chi connectivity index (χ0) is 28.2. The Hall–Kier alpha value is -4.19. The highest BCUT2D eigenvalue weighted by atomic mass is 19.1.